The Morgan fingerprint density at radius 2 is 1.80 bits per heavy atom. The van der Waals surface area contributed by atoms with E-state index >= 15 is 0 Å². The molecule has 0 aliphatic heterocycles. The molecule has 1 fully saturated rings. The SMILES string of the molecule is CNC(C(C)C)C1(OC)CCC(C)CC1. The van der Waals surface area contributed by atoms with Crippen molar-refractivity contribution < 1.29 is 4.74 Å². The molecular weight excluding hydrogens is 186 g/mol. The summed E-state index contributed by atoms with van der Waals surface area (Å²) in [5.74, 6) is 1.50. The minimum atomic E-state index is 0.0788. The summed E-state index contributed by atoms with van der Waals surface area (Å²) in [5.41, 5.74) is 0.0788. The smallest absolute Gasteiger partial charge is 0.0833 e. The summed E-state index contributed by atoms with van der Waals surface area (Å²) in [6.07, 6.45) is 5.01. The monoisotopic (exact) mass is 213 g/mol. The van der Waals surface area contributed by atoms with Crippen LogP contribution in [-0.2, 0) is 4.74 Å². The summed E-state index contributed by atoms with van der Waals surface area (Å²) in [5, 5.41) is 3.45. The third-order valence-corrected chi connectivity index (χ3v) is 4.07. The van der Waals surface area contributed by atoms with Crippen LogP contribution in [0, 0.1) is 11.8 Å². The van der Waals surface area contributed by atoms with E-state index in [4.69, 9.17) is 4.74 Å². The highest BCUT2D eigenvalue weighted by Gasteiger charge is 2.41. The highest BCUT2D eigenvalue weighted by molar-refractivity contribution is 4.97. The second kappa shape index (κ2) is 5.31. The molecule has 1 aliphatic rings. The lowest BCUT2D eigenvalue weighted by Crippen LogP contribution is -2.55. The van der Waals surface area contributed by atoms with Crippen molar-refractivity contribution in [3.05, 3.63) is 0 Å². The van der Waals surface area contributed by atoms with Gasteiger partial charge in [0.15, 0.2) is 0 Å². The molecule has 0 aromatic rings. The summed E-state index contributed by atoms with van der Waals surface area (Å²) < 4.78 is 5.88. The van der Waals surface area contributed by atoms with Gasteiger partial charge in [-0.25, -0.2) is 0 Å². The minimum Gasteiger partial charge on any atom is -0.377 e. The first-order valence-electron chi connectivity index (χ1n) is 6.28. The van der Waals surface area contributed by atoms with Crippen molar-refractivity contribution in [1.82, 2.24) is 5.32 Å². The summed E-state index contributed by atoms with van der Waals surface area (Å²) in [6, 6.07) is 0.481. The molecule has 0 radical (unpaired) electrons. The van der Waals surface area contributed by atoms with E-state index in [2.05, 4.69) is 33.1 Å². The molecule has 15 heavy (non-hydrogen) atoms. The van der Waals surface area contributed by atoms with Gasteiger partial charge in [0.1, 0.15) is 0 Å². The zero-order chi connectivity index (χ0) is 11.5. The molecule has 1 N–H and O–H groups in total. The normalized spacial score (nSPS) is 34.4. The zero-order valence-electron chi connectivity index (χ0n) is 11.0. The van der Waals surface area contributed by atoms with E-state index in [-0.39, 0.29) is 5.60 Å². The Balaban J connectivity index is 2.74. The highest BCUT2D eigenvalue weighted by Crippen LogP contribution is 2.38. The lowest BCUT2D eigenvalue weighted by molar-refractivity contribution is -0.0833. The molecule has 0 saturated heterocycles. The molecule has 1 aliphatic carbocycles. The third-order valence-electron chi connectivity index (χ3n) is 4.07. The molecule has 1 rings (SSSR count). The lowest BCUT2D eigenvalue weighted by atomic mass is 9.72. The molecule has 0 heterocycles. The first-order valence-corrected chi connectivity index (χ1v) is 6.28. The van der Waals surface area contributed by atoms with E-state index in [0.29, 0.717) is 12.0 Å². The van der Waals surface area contributed by atoms with Gasteiger partial charge in [0.05, 0.1) is 5.60 Å². The van der Waals surface area contributed by atoms with Crippen molar-refractivity contribution in [2.24, 2.45) is 11.8 Å². The van der Waals surface area contributed by atoms with Gasteiger partial charge in [0, 0.05) is 13.2 Å². The van der Waals surface area contributed by atoms with E-state index in [9.17, 15) is 0 Å². The molecule has 0 aromatic heterocycles. The first-order chi connectivity index (χ1) is 7.05. The molecule has 0 amide bonds. The van der Waals surface area contributed by atoms with Crippen molar-refractivity contribution in [3.8, 4) is 0 Å². The first kappa shape index (κ1) is 13.0. The minimum absolute atomic E-state index is 0.0788. The average molecular weight is 213 g/mol. The Bertz CT molecular complexity index is 183. The topological polar surface area (TPSA) is 21.3 Å². The molecule has 1 saturated carbocycles. The lowest BCUT2D eigenvalue weighted by Gasteiger charge is -2.45. The fourth-order valence-electron chi connectivity index (χ4n) is 3.10. The molecule has 0 bridgehead atoms. The number of ether oxygens (including phenoxy) is 1. The predicted molar refractivity (Wildman–Crippen MR) is 65.1 cm³/mol. The Labute approximate surface area is 94.8 Å². The number of rotatable bonds is 4. The predicted octanol–water partition coefficient (Wildman–Crippen LogP) is 2.83. The van der Waals surface area contributed by atoms with Crippen molar-refractivity contribution in [1.29, 1.82) is 0 Å². The van der Waals surface area contributed by atoms with Gasteiger partial charge in [-0.3, -0.25) is 0 Å². The Morgan fingerprint density at radius 3 is 2.13 bits per heavy atom. The van der Waals surface area contributed by atoms with Gasteiger partial charge in [-0.1, -0.05) is 20.8 Å². The van der Waals surface area contributed by atoms with Crippen molar-refractivity contribution in [2.45, 2.75) is 58.1 Å². The van der Waals surface area contributed by atoms with Crippen LogP contribution in [0.15, 0.2) is 0 Å². The van der Waals surface area contributed by atoms with E-state index in [1.165, 1.54) is 25.7 Å². The molecule has 1 atom stereocenters. The van der Waals surface area contributed by atoms with Gasteiger partial charge in [-0.2, -0.15) is 0 Å². The van der Waals surface area contributed by atoms with Crippen molar-refractivity contribution in [2.75, 3.05) is 14.2 Å². The van der Waals surface area contributed by atoms with Crippen LogP contribution in [0.1, 0.15) is 46.5 Å². The Kier molecular flexibility index (Phi) is 4.60. The second-order valence-electron chi connectivity index (χ2n) is 5.46. The molecule has 0 aromatic carbocycles. The quantitative estimate of drug-likeness (QED) is 0.775. The fourth-order valence-corrected chi connectivity index (χ4v) is 3.10. The largest absolute Gasteiger partial charge is 0.377 e. The maximum absolute atomic E-state index is 5.88. The number of hydrogen-bond donors (Lipinski definition) is 1. The molecule has 1 unspecified atom stereocenters. The summed E-state index contributed by atoms with van der Waals surface area (Å²) in [7, 11) is 3.94. The van der Waals surface area contributed by atoms with Crippen LogP contribution in [0.4, 0.5) is 0 Å². The van der Waals surface area contributed by atoms with Crippen LogP contribution >= 0.6 is 0 Å². The van der Waals surface area contributed by atoms with Crippen LogP contribution in [-0.4, -0.2) is 25.8 Å². The summed E-state index contributed by atoms with van der Waals surface area (Å²) in [6.45, 7) is 6.91. The van der Waals surface area contributed by atoms with Crippen LogP contribution in [0.25, 0.3) is 0 Å². The van der Waals surface area contributed by atoms with Crippen LogP contribution in [0.3, 0.4) is 0 Å². The van der Waals surface area contributed by atoms with Gasteiger partial charge in [-0.05, 0) is 44.6 Å². The molecule has 90 valence electrons. The number of nitrogens with one attached hydrogen (secondary N) is 1. The summed E-state index contributed by atoms with van der Waals surface area (Å²) >= 11 is 0. The van der Waals surface area contributed by atoms with E-state index in [1.54, 1.807) is 0 Å². The third kappa shape index (κ3) is 2.73. The average Bonchev–Trinajstić information content (AvgIpc) is 2.22. The van der Waals surface area contributed by atoms with Gasteiger partial charge >= 0.3 is 0 Å². The molecule has 0 spiro atoms. The van der Waals surface area contributed by atoms with E-state index in [0.717, 1.165) is 5.92 Å². The van der Waals surface area contributed by atoms with E-state index in [1.807, 2.05) is 7.11 Å². The fraction of sp³-hybridized carbons (Fsp3) is 1.00. The maximum atomic E-state index is 5.88. The van der Waals surface area contributed by atoms with Crippen LogP contribution in [0.5, 0.6) is 0 Å². The van der Waals surface area contributed by atoms with Gasteiger partial charge < -0.3 is 10.1 Å². The van der Waals surface area contributed by atoms with Gasteiger partial charge in [0.25, 0.3) is 0 Å². The second-order valence-corrected chi connectivity index (χ2v) is 5.46. The number of methoxy groups -OCH3 is 1. The summed E-state index contributed by atoms with van der Waals surface area (Å²) in [4.78, 5) is 0. The maximum Gasteiger partial charge on any atom is 0.0833 e. The Morgan fingerprint density at radius 1 is 1.27 bits per heavy atom. The molecular formula is C13H27NO. The van der Waals surface area contributed by atoms with Gasteiger partial charge in [0.2, 0.25) is 0 Å². The zero-order valence-corrected chi connectivity index (χ0v) is 11.0. The number of hydrogen-bond acceptors (Lipinski definition) is 2. The number of likely N-dealkylation sites (N-methyl/N-ethyl adjacent to an activating group) is 1. The Hall–Kier alpha value is -0.0800. The molecule has 2 heteroatoms. The molecule has 2 nitrogen and oxygen atoms in total. The van der Waals surface area contributed by atoms with Crippen molar-refractivity contribution in [3.63, 3.8) is 0 Å². The van der Waals surface area contributed by atoms with Crippen LogP contribution in [0.2, 0.25) is 0 Å². The highest BCUT2D eigenvalue weighted by atomic mass is 16.5. The standard InChI is InChI=1S/C13H27NO/c1-10(2)12(14-4)13(15-5)8-6-11(3)7-9-13/h10-12,14H,6-9H2,1-5H3. The van der Waals surface area contributed by atoms with Crippen molar-refractivity contribution >= 4 is 0 Å². The van der Waals surface area contributed by atoms with Gasteiger partial charge in [-0.15, -0.1) is 0 Å². The van der Waals surface area contributed by atoms with Crippen LogP contribution < -0.4 is 5.32 Å². The van der Waals surface area contributed by atoms with E-state index < -0.39 is 0 Å².